The van der Waals surface area contributed by atoms with Crippen LogP contribution in [0.5, 0.6) is 5.75 Å². The molecule has 1 amide bonds. The highest BCUT2D eigenvalue weighted by atomic mass is 16.6. The minimum Gasteiger partial charge on any atom is -0.490 e. The van der Waals surface area contributed by atoms with E-state index in [4.69, 9.17) is 9.47 Å². The highest BCUT2D eigenvalue weighted by Crippen LogP contribution is 2.50. The van der Waals surface area contributed by atoms with E-state index in [2.05, 4.69) is 5.10 Å². The zero-order valence-electron chi connectivity index (χ0n) is 16.5. The number of amides is 1. The van der Waals surface area contributed by atoms with Crippen LogP contribution in [0.2, 0.25) is 0 Å². The van der Waals surface area contributed by atoms with Crippen molar-refractivity contribution in [1.29, 1.82) is 0 Å². The van der Waals surface area contributed by atoms with E-state index in [0.717, 1.165) is 12.8 Å². The fraction of sp³-hybridized carbons (Fsp3) is 0.579. The number of likely N-dealkylation sites (tertiary alicyclic amines) is 1. The average molecular weight is 388 g/mol. The van der Waals surface area contributed by atoms with E-state index in [0.29, 0.717) is 29.7 Å². The van der Waals surface area contributed by atoms with Crippen LogP contribution >= 0.6 is 0 Å². The number of fused-ring (bicyclic) bond motifs is 1. The fourth-order valence-corrected chi connectivity index (χ4v) is 4.09. The molecule has 1 aromatic heterocycles. The maximum absolute atomic E-state index is 12.1. The van der Waals surface area contributed by atoms with Crippen LogP contribution in [0.15, 0.2) is 18.2 Å². The SMILES string of the molecule is Cn1nc([N+](=O)[O-])c2cc(OC3CC4(C3)CN(C(=O)OC(C)(C)C)C4)ccc21. The number of aromatic nitrogens is 2. The Labute approximate surface area is 162 Å². The van der Waals surface area contributed by atoms with Gasteiger partial charge in [-0.1, -0.05) is 0 Å². The van der Waals surface area contributed by atoms with Gasteiger partial charge in [-0.3, -0.25) is 0 Å². The second-order valence-corrected chi connectivity index (χ2v) is 8.87. The smallest absolute Gasteiger partial charge is 0.410 e. The molecule has 0 radical (unpaired) electrons. The van der Waals surface area contributed by atoms with Gasteiger partial charge in [0.2, 0.25) is 0 Å². The van der Waals surface area contributed by atoms with Gasteiger partial charge in [-0.15, -0.1) is 0 Å². The predicted molar refractivity (Wildman–Crippen MR) is 101 cm³/mol. The Hall–Kier alpha value is -2.84. The number of rotatable bonds is 3. The molecule has 0 bridgehead atoms. The molecule has 0 unspecified atom stereocenters. The first-order chi connectivity index (χ1) is 13.1. The van der Waals surface area contributed by atoms with Crippen molar-refractivity contribution in [3.63, 3.8) is 0 Å². The maximum Gasteiger partial charge on any atom is 0.410 e. The van der Waals surface area contributed by atoms with Crippen molar-refractivity contribution < 1.29 is 19.2 Å². The van der Waals surface area contributed by atoms with Crippen molar-refractivity contribution >= 4 is 22.8 Å². The van der Waals surface area contributed by atoms with Crippen LogP contribution < -0.4 is 4.74 Å². The number of hydrogen-bond acceptors (Lipinski definition) is 6. The summed E-state index contributed by atoms with van der Waals surface area (Å²) in [5.41, 5.74) is 0.320. The number of nitro groups is 1. The molecule has 1 saturated heterocycles. The second-order valence-electron chi connectivity index (χ2n) is 8.87. The number of ether oxygens (including phenoxy) is 2. The summed E-state index contributed by atoms with van der Waals surface area (Å²) in [7, 11) is 1.68. The number of benzene rings is 1. The molecule has 1 aromatic carbocycles. The molecule has 150 valence electrons. The molecule has 9 nitrogen and oxygen atoms in total. The summed E-state index contributed by atoms with van der Waals surface area (Å²) in [6.07, 6.45) is 1.50. The van der Waals surface area contributed by atoms with Gasteiger partial charge in [0.05, 0.1) is 17.7 Å². The minimum atomic E-state index is -0.487. The molecule has 28 heavy (non-hydrogen) atoms. The lowest BCUT2D eigenvalue weighted by atomic mass is 9.62. The Morgan fingerprint density at radius 2 is 2.00 bits per heavy atom. The third kappa shape index (κ3) is 3.25. The normalized spacial score (nSPS) is 18.6. The molecule has 0 atom stereocenters. The Morgan fingerprint density at radius 1 is 1.32 bits per heavy atom. The van der Waals surface area contributed by atoms with Crippen molar-refractivity contribution in [2.24, 2.45) is 12.5 Å². The molecular weight excluding hydrogens is 364 g/mol. The predicted octanol–water partition coefficient (Wildman–Crippen LogP) is 3.26. The number of carbonyl (C=O) groups excluding carboxylic acids is 1. The topological polar surface area (TPSA) is 99.7 Å². The number of nitrogens with zero attached hydrogens (tertiary/aromatic N) is 4. The van der Waals surface area contributed by atoms with E-state index >= 15 is 0 Å². The van der Waals surface area contributed by atoms with Gasteiger partial charge in [-0.2, -0.15) is 4.68 Å². The number of aryl methyl sites for hydroxylation is 1. The summed E-state index contributed by atoms with van der Waals surface area (Å²) >= 11 is 0. The Morgan fingerprint density at radius 3 is 2.61 bits per heavy atom. The number of carbonyl (C=O) groups is 1. The molecule has 0 N–H and O–H groups in total. The van der Waals surface area contributed by atoms with Gasteiger partial charge in [0, 0.05) is 18.5 Å². The quantitative estimate of drug-likeness (QED) is 0.591. The Bertz CT molecular complexity index is 947. The lowest BCUT2D eigenvalue weighted by Gasteiger charge is -2.58. The monoisotopic (exact) mass is 388 g/mol. The van der Waals surface area contributed by atoms with E-state index in [-0.39, 0.29) is 23.4 Å². The number of hydrogen-bond donors (Lipinski definition) is 0. The van der Waals surface area contributed by atoms with Gasteiger partial charge in [-0.25, -0.2) is 4.79 Å². The van der Waals surface area contributed by atoms with E-state index in [1.54, 1.807) is 24.1 Å². The largest absolute Gasteiger partial charge is 0.490 e. The van der Waals surface area contributed by atoms with Crippen molar-refractivity contribution in [2.75, 3.05) is 13.1 Å². The third-order valence-electron chi connectivity index (χ3n) is 5.30. The first-order valence-corrected chi connectivity index (χ1v) is 9.31. The molecule has 4 rings (SSSR count). The third-order valence-corrected chi connectivity index (χ3v) is 5.30. The lowest BCUT2D eigenvalue weighted by Crippen LogP contribution is -2.66. The first-order valence-electron chi connectivity index (χ1n) is 9.31. The fourth-order valence-electron chi connectivity index (χ4n) is 4.09. The van der Waals surface area contributed by atoms with Gasteiger partial charge in [0.25, 0.3) is 0 Å². The van der Waals surface area contributed by atoms with Crippen LogP contribution in [-0.4, -0.2) is 50.5 Å². The van der Waals surface area contributed by atoms with Crippen LogP contribution in [0.1, 0.15) is 33.6 Å². The second kappa shape index (κ2) is 6.08. The zero-order valence-corrected chi connectivity index (χ0v) is 16.5. The molecule has 1 aliphatic carbocycles. The van der Waals surface area contributed by atoms with Crippen LogP contribution in [-0.2, 0) is 11.8 Å². The molecular formula is C19H24N4O5. The van der Waals surface area contributed by atoms with Gasteiger partial charge in [-0.05, 0) is 56.7 Å². The van der Waals surface area contributed by atoms with Gasteiger partial charge >= 0.3 is 11.9 Å². The maximum atomic E-state index is 12.1. The summed E-state index contributed by atoms with van der Waals surface area (Å²) in [5.74, 6) is 0.437. The standard InChI is InChI=1S/C19H24N4O5/c1-18(2,3)28-17(24)22-10-19(11-22)8-13(9-19)27-12-5-6-15-14(7-12)16(23(25)26)20-21(15)4/h5-7,13H,8-11H2,1-4H3. The minimum absolute atomic E-state index is 0.0500. The highest BCUT2D eigenvalue weighted by molar-refractivity contribution is 5.88. The summed E-state index contributed by atoms with van der Waals surface area (Å²) < 4.78 is 12.9. The highest BCUT2D eigenvalue weighted by Gasteiger charge is 2.55. The van der Waals surface area contributed by atoms with Crippen molar-refractivity contribution in [1.82, 2.24) is 14.7 Å². The van der Waals surface area contributed by atoms with E-state index < -0.39 is 10.5 Å². The molecule has 1 aliphatic heterocycles. The average Bonchev–Trinajstić information content (AvgIpc) is 2.83. The van der Waals surface area contributed by atoms with Gasteiger partial charge < -0.3 is 24.5 Å². The van der Waals surface area contributed by atoms with Crippen LogP contribution in [0, 0.1) is 15.5 Å². The van der Waals surface area contributed by atoms with Gasteiger partial charge in [0.15, 0.2) is 0 Å². The van der Waals surface area contributed by atoms with E-state index in [1.807, 2.05) is 26.8 Å². The zero-order chi connectivity index (χ0) is 20.3. The molecule has 2 aromatic rings. The van der Waals surface area contributed by atoms with Crippen molar-refractivity contribution in [2.45, 2.75) is 45.3 Å². The van der Waals surface area contributed by atoms with Gasteiger partial charge in [0.1, 0.15) is 22.8 Å². The Kier molecular flexibility index (Phi) is 4.02. The lowest BCUT2D eigenvalue weighted by molar-refractivity contribution is -0.388. The molecule has 1 saturated carbocycles. The molecule has 1 spiro atoms. The van der Waals surface area contributed by atoms with Crippen LogP contribution in [0.3, 0.4) is 0 Å². The Balaban J connectivity index is 1.35. The summed E-state index contributed by atoms with van der Waals surface area (Å²) in [6, 6.07) is 5.28. The van der Waals surface area contributed by atoms with E-state index in [1.165, 1.54) is 4.68 Å². The van der Waals surface area contributed by atoms with Crippen molar-refractivity contribution in [3.05, 3.63) is 28.3 Å². The van der Waals surface area contributed by atoms with Crippen molar-refractivity contribution in [3.8, 4) is 5.75 Å². The molecule has 2 heterocycles. The summed E-state index contributed by atoms with van der Waals surface area (Å²) in [4.78, 5) is 24.5. The van der Waals surface area contributed by atoms with Crippen LogP contribution in [0.4, 0.5) is 10.6 Å². The first kappa shape index (κ1) is 18.5. The van der Waals surface area contributed by atoms with Crippen LogP contribution in [0.25, 0.3) is 10.9 Å². The summed E-state index contributed by atoms with van der Waals surface area (Å²) in [6.45, 7) is 6.95. The molecule has 2 fully saturated rings. The molecule has 2 aliphatic rings. The molecule has 9 heteroatoms. The summed E-state index contributed by atoms with van der Waals surface area (Å²) in [5, 5.41) is 15.6. The van der Waals surface area contributed by atoms with E-state index in [9.17, 15) is 14.9 Å².